The van der Waals surface area contributed by atoms with Gasteiger partial charge >= 0.3 is 0 Å². The molecule has 0 amide bonds. The molecular weight excluding hydrogens is 184 g/mol. The Morgan fingerprint density at radius 1 is 1.13 bits per heavy atom. The summed E-state index contributed by atoms with van der Waals surface area (Å²) in [6.07, 6.45) is 8.52. The smallest absolute Gasteiger partial charge is 0.0107 e. The van der Waals surface area contributed by atoms with Gasteiger partial charge < -0.3 is 10.2 Å². The third-order valence-electron chi connectivity index (χ3n) is 4.00. The lowest BCUT2D eigenvalue weighted by atomic mass is 10.1. The maximum absolute atomic E-state index is 3.72. The van der Waals surface area contributed by atoms with Gasteiger partial charge in [-0.2, -0.15) is 0 Å². The molecule has 2 heteroatoms. The molecule has 0 spiro atoms. The second-order valence-electron chi connectivity index (χ2n) is 5.47. The molecule has 0 aromatic carbocycles. The van der Waals surface area contributed by atoms with Crippen LogP contribution in [0, 0.1) is 5.92 Å². The van der Waals surface area contributed by atoms with E-state index in [1.54, 1.807) is 0 Å². The second-order valence-corrected chi connectivity index (χ2v) is 5.47. The fraction of sp³-hybridized carbons (Fsp3) is 1.00. The van der Waals surface area contributed by atoms with Gasteiger partial charge in [0, 0.05) is 19.1 Å². The molecule has 2 aliphatic rings. The summed E-state index contributed by atoms with van der Waals surface area (Å²) in [7, 11) is 0. The molecule has 0 radical (unpaired) electrons. The zero-order chi connectivity index (χ0) is 10.5. The first-order valence-corrected chi connectivity index (χ1v) is 6.80. The Kier molecular flexibility index (Phi) is 4.45. The highest BCUT2D eigenvalue weighted by molar-refractivity contribution is 4.78. The highest BCUT2D eigenvalue weighted by Crippen LogP contribution is 2.24. The maximum atomic E-state index is 3.72. The van der Waals surface area contributed by atoms with Crippen molar-refractivity contribution in [3.8, 4) is 0 Å². The quantitative estimate of drug-likeness (QED) is 0.765. The fourth-order valence-electron chi connectivity index (χ4n) is 3.00. The molecule has 0 bridgehead atoms. The molecule has 15 heavy (non-hydrogen) atoms. The van der Waals surface area contributed by atoms with Crippen molar-refractivity contribution < 1.29 is 0 Å². The Morgan fingerprint density at radius 2 is 1.93 bits per heavy atom. The molecule has 2 atom stereocenters. The minimum atomic E-state index is 0.824. The number of rotatable bonds is 4. The van der Waals surface area contributed by atoms with Crippen LogP contribution in [0.2, 0.25) is 0 Å². The third-order valence-corrected chi connectivity index (χ3v) is 4.00. The van der Waals surface area contributed by atoms with Crippen molar-refractivity contribution in [1.82, 2.24) is 10.2 Å². The molecule has 0 aromatic heterocycles. The SMILES string of the molecule is C[C@@H]1CC[C@H](NCCN2CCCCC2)C1. The van der Waals surface area contributed by atoms with Crippen molar-refractivity contribution in [3.05, 3.63) is 0 Å². The first-order chi connectivity index (χ1) is 7.34. The average molecular weight is 210 g/mol. The Labute approximate surface area is 94.4 Å². The predicted molar refractivity (Wildman–Crippen MR) is 65.1 cm³/mol. The summed E-state index contributed by atoms with van der Waals surface area (Å²) < 4.78 is 0. The van der Waals surface area contributed by atoms with E-state index in [-0.39, 0.29) is 0 Å². The van der Waals surface area contributed by atoms with Crippen molar-refractivity contribution in [2.45, 2.75) is 51.5 Å². The number of nitrogens with one attached hydrogen (secondary N) is 1. The van der Waals surface area contributed by atoms with Gasteiger partial charge in [0.1, 0.15) is 0 Å². The number of hydrogen-bond acceptors (Lipinski definition) is 2. The standard InChI is InChI=1S/C13H26N2/c1-12-5-6-13(11-12)14-7-10-15-8-3-2-4-9-15/h12-14H,2-11H2,1H3/t12-,13+/m1/s1. The summed E-state index contributed by atoms with van der Waals surface area (Å²) in [4.78, 5) is 2.62. The lowest BCUT2D eigenvalue weighted by molar-refractivity contribution is 0.226. The molecule has 88 valence electrons. The Morgan fingerprint density at radius 3 is 2.60 bits per heavy atom. The minimum Gasteiger partial charge on any atom is -0.313 e. The molecule has 2 nitrogen and oxygen atoms in total. The van der Waals surface area contributed by atoms with Gasteiger partial charge in [-0.25, -0.2) is 0 Å². The largest absolute Gasteiger partial charge is 0.313 e. The van der Waals surface area contributed by atoms with Crippen LogP contribution in [0.25, 0.3) is 0 Å². The lowest BCUT2D eigenvalue weighted by Gasteiger charge is -2.27. The zero-order valence-electron chi connectivity index (χ0n) is 10.2. The van der Waals surface area contributed by atoms with Crippen LogP contribution >= 0.6 is 0 Å². The first-order valence-electron chi connectivity index (χ1n) is 6.80. The van der Waals surface area contributed by atoms with Crippen molar-refractivity contribution in [1.29, 1.82) is 0 Å². The number of piperidine rings is 1. The number of nitrogens with zero attached hydrogens (tertiary/aromatic N) is 1. The summed E-state index contributed by atoms with van der Waals surface area (Å²) in [5, 5.41) is 3.72. The van der Waals surface area contributed by atoms with E-state index in [0.29, 0.717) is 0 Å². The number of likely N-dealkylation sites (tertiary alicyclic amines) is 1. The van der Waals surface area contributed by atoms with Gasteiger partial charge in [-0.3, -0.25) is 0 Å². The van der Waals surface area contributed by atoms with E-state index >= 15 is 0 Å². The second kappa shape index (κ2) is 5.86. The molecular formula is C13H26N2. The van der Waals surface area contributed by atoms with E-state index in [4.69, 9.17) is 0 Å². The topological polar surface area (TPSA) is 15.3 Å². The van der Waals surface area contributed by atoms with Crippen LogP contribution in [0.4, 0.5) is 0 Å². The van der Waals surface area contributed by atoms with Crippen molar-refractivity contribution in [2.75, 3.05) is 26.2 Å². The molecule has 2 fully saturated rings. The molecule has 1 N–H and O–H groups in total. The van der Waals surface area contributed by atoms with Crippen LogP contribution in [-0.2, 0) is 0 Å². The fourth-order valence-corrected chi connectivity index (χ4v) is 3.00. The van der Waals surface area contributed by atoms with Crippen LogP contribution in [0.15, 0.2) is 0 Å². The Hall–Kier alpha value is -0.0800. The highest BCUT2D eigenvalue weighted by Gasteiger charge is 2.20. The molecule has 1 heterocycles. The van der Waals surface area contributed by atoms with Gasteiger partial charge in [-0.15, -0.1) is 0 Å². The summed E-state index contributed by atoms with van der Waals surface area (Å²) in [6.45, 7) is 7.53. The lowest BCUT2D eigenvalue weighted by Crippen LogP contribution is -2.38. The summed E-state index contributed by atoms with van der Waals surface area (Å²) in [5.74, 6) is 0.956. The van der Waals surface area contributed by atoms with Crippen molar-refractivity contribution in [2.24, 2.45) is 5.92 Å². The minimum absolute atomic E-state index is 0.824. The van der Waals surface area contributed by atoms with Gasteiger partial charge in [0.15, 0.2) is 0 Å². The van der Waals surface area contributed by atoms with E-state index in [1.807, 2.05) is 0 Å². The molecule has 1 aliphatic carbocycles. The predicted octanol–water partition coefficient (Wildman–Crippen LogP) is 2.25. The van der Waals surface area contributed by atoms with E-state index in [0.717, 1.165) is 12.0 Å². The summed E-state index contributed by atoms with van der Waals surface area (Å²) >= 11 is 0. The van der Waals surface area contributed by atoms with Gasteiger partial charge in [-0.05, 0) is 51.1 Å². The van der Waals surface area contributed by atoms with Crippen molar-refractivity contribution >= 4 is 0 Å². The summed E-state index contributed by atoms with van der Waals surface area (Å²) in [6, 6.07) is 0.824. The molecule has 1 saturated heterocycles. The van der Waals surface area contributed by atoms with E-state index in [9.17, 15) is 0 Å². The molecule has 0 unspecified atom stereocenters. The van der Waals surface area contributed by atoms with Gasteiger partial charge in [0.2, 0.25) is 0 Å². The van der Waals surface area contributed by atoms with E-state index in [1.165, 1.54) is 64.7 Å². The van der Waals surface area contributed by atoms with Crippen LogP contribution in [0.5, 0.6) is 0 Å². The van der Waals surface area contributed by atoms with Crippen LogP contribution in [0.3, 0.4) is 0 Å². The molecule has 2 rings (SSSR count). The first kappa shape index (κ1) is 11.4. The monoisotopic (exact) mass is 210 g/mol. The molecule has 1 saturated carbocycles. The maximum Gasteiger partial charge on any atom is 0.0107 e. The Bertz CT molecular complexity index is 171. The average Bonchev–Trinajstić information content (AvgIpc) is 2.66. The Balaban J connectivity index is 1.54. The highest BCUT2D eigenvalue weighted by atomic mass is 15.1. The number of hydrogen-bond donors (Lipinski definition) is 1. The van der Waals surface area contributed by atoms with Crippen LogP contribution < -0.4 is 5.32 Å². The molecule has 0 aromatic rings. The normalized spacial score (nSPS) is 33.4. The third kappa shape index (κ3) is 3.76. The van der Waals surface area contributed by atoms with Crippen LogP contribution in [-0.4, -0.2) is 37.1 Å². The van der Waals surface area contributed by atoms with Crippen LogP contribution in [0.1, 0.15) is 45.4 Å². The van der Waals surface area contributed by atoms with Gasteiger partial charge in [-0.1, -0.05) is 13.3 Å². The van der Waals surface area contributed by atoms with Gasteiger partial charge in [0.25, 0.3) is 0 Å². The summed E-state index contributed by atoms with van der Waals surface area (Å²) in [5.41, 5.74) is 0. The van der Waals surface area contributed by atoms with E-state index < -0.39 is 0 Å². The zero-order valence-corrected chi connectivity index (χ0v) is 10.2. The van der Waals surface area contributed by atoms with E-state index in [2.05, 4.69) is 17.1 Å². The molecule has 1 aliphatic heterocycles. The van der Waals surface area contributed by atoms with Crippen molar-refractivity contribution in [3.63, 3.8) is 0 Å². The van der Waals surface area contributed by atoms with Gasteiger partial charge in [0.05, 0.1) is 0 Å².